The molecule has 5 rings (SSSR count). The average molecular weight is 407 g/mol. The Morgan fingerprint density at radius 1 is 0.867 bits per heavy atom. The SMILES string of the molecule is C[C@H]1C2CCN(Cc3ccccc3)C1c1cc(-c3ccc(C(F)(F)F)cc3)ccc12. The van der Waals surface area contributed by atoms with Gasteiger partial charge in [-0.25, -0.2) is 0 Å². The number of rotatable bonds is 3. The lowest BCUT2D eigenvalue weighted by Crippen LogP contribution is -2.36. The fourth-order valence-corrected chi connectivity index (χ4v) is 5.37. The topological polar surface area (TPSA) is 3.24 Å². The Hall–Kier alpha value is -2.59. The summed E-state index contributed by atoms with van der Waals surface area (Å²) in [6.07, 6.45) is -3.15. The van der Waals surface area contributed by atoms with E-state index in [9.17, 15) is 13.2 Å². The normalized spacial score (nSPS) is 23.4. The minimum absolute atomic E-state index is 0.355. The van der Waals surface area contributed by atoms with Crippen molar-refractivity contribution >= 4 is 0 Å². The molecule has 1 heterocycles. The maximum atomic E-state index is 12.9. The summed E-state index contributed by atoms with van der Waals surface area (Å²) >= 11 is 0. The second kappa shape index (κ2) is 7.28. The number of nitrogens with zero attached hydrogens (tertiary/aromatic N) is 1. The Kier molecular flexibility index (Phi) is 4.70. The molecule has 3 aromatic rings. The molecule has 2 unspecified atom stereocenters. The predicted molar refractivity (Wildman–Crippen MR) is 113 cm³/mol. The Morgan fingerprint density at radius 2 is 1.57 bits per heavy atom. The summed E-state index contributed by atoms with van der Waals surface area (Å²) in [5.74, 6) is 1.11. The third-order valence-corrected chi connectivity index (χ3v) is 6.83. The number of benzene rings is 3. The fraction of sp³-hybridized carbons (Fsp3) is 0.308. The molecule has 2 bridgehead atoms. The van der Waals surface area contributed by atoms with Crippen molar-refractivity contribution in [2.24, 2.45) is 5.92 Å². The minimum atomic E-state index is -4.30. The molecule has 0 N–H and O–H groups in total. The molecule has 2 aliphatic rings. The minimum Gasteiger partial charge on any atom is -0.292 e. The van der Waals surface area contributed by atoms with E-state index < -0.39 is 11.7 Å². The van der Waals surface area contributed by atoms with E-state index in [1.807, 2.05) is 6.07 Å². The number of likely N-dealkylation sites (tertiary alicyclic amines) is 1. The maximum absolute atomic E-state index is 12.9. The van der Waals surface area contributed by atoms with Crippen LogP contribution in [0.25, 0.3) is 11.1 Å². The Labute approximate surface area is 175 Å². The molecular weight excluding hydrogens is 383 g/mol. The molecule has 1 fully saturated rings. The van der Waals surface area contributed by atoms with Gasteiger partial charge in [0.25, 0.3) is 0 Å². The highest BCUT2D eigenvalue weighted by Crippen LogP contribution is 2.53. The van der Waals surface area contributed by atoms with Crippen molar-refractivity contribution < 1.29 is 13.2 Å². The molecule has 1 aliphatic carbocycles. The van der Waals surface area contributed by atoms with Gasteiger partial charge in [0.15, 0.2) is 0 Å². The zero-order chi connectivity index (χ0) is 20.9. The van der Waals surface area contributed by atoms with Gasteiger partial charge in [-0.2, -0.15) is 13.2 Å². The Bertz CT molecular complexity index is 1040. The van der Waals surface area contributed by atoms with Gasteiger partial charge in [0, 0.05) is 12.6 Å². The van der Waals surface area contributed by atoms with Gasteiger partial charge in [-0.15, -0.1) is 0 Å². The second-order valence-electron chi connectivity index (χ2n) is 8.57. The van der Waals surface area contributed by atoms with E-state index in [1.165, 1.54) is 28.8 Å². The third-order valence-electron chi connectivity index (χ3n) is 6.83. The van der Waals surface area contributed by atoms with Gasteiger partial charge in [0.1, 0.15) is 0 Å². The van der Waals surface area contributed by atoms with Gasteiger partial charge in [-0.3, -0.25) is 4.90 Å². The van der Waals surface area contributed by atoms with Gasteiger partial charge in [-0.05, 0) is 70.8 Å². The number of hydrogen-bond donors (Lipinski definition) is 0. The van der Waals surface area contributed by atoms with Crippen LogP contribution in [0.5, 0.6) is 0 Å². The van der Waals surface area contributed by atoms with Crippen LogP contribution < -0.4 is 0 Å². The monoisotopic (exact) mass is 407 g/mol. The van der Waals surface area contributed by atoms with E-state index in [4.69, 9.17) is 0 Å². The average Bonchev–Trinajstić information content (AvgIpc) is 2.91. The molecule has 30 heavy (non-hydrogen) atoms. The summed E-state index contributed by atoms with van der Waals surface area (Å²) in [6.45, 7) is 4.33. The van der Waals surface area contributed by atoms with Crippen molar-refractivity contribution in [3.8, 4) is 11.1 Å². The van der Waals surface area contributed by atoms with Crippen LogP contribution in [-0.4, -0.2) is 11.4 Å². The molecular formula is C26H24F3N. The summed E-state index contributed by atoms with van der Waals surface area (Å²) in [6, 6.07) is 22.9. The van der Waals surface area contributed by atoms with Gasteiger partial charge in [-0.1, -0.05) is 61.5 Å². The van der Waals surface area contributed by atoms with Crippen LogP contribution in [0.2, 0.25) is 0 Å². The van der Waals surface area contributed by atoms with Gasteiger partial charge in [0.05, 0.1) is 5.56 Å². The first kappa shape index (κ1) is 19.4. The lowest BCUT2D eigenvalue weighted by atomic mass is 9.85. The maximum Gasteiger partial charge on any atom is 0.416 e. The van der Waals surface area contributed by atoms with Crippen LogP contribution in [-0.2, 0) is 12.7 Å². The van der Waals surface area contributed by atoms with E-state index in [2.05, 4.69) is 54.3 Å². The first-order chi connectivity index (χ1) is 14.4. The molecule has 0 spiro atoms. The van der Waals surface area contributed by atoms with Crippen molar-refractivity contribution in [2.45, 2.75) is 38.0 Å². The molecule has 4 heteroatoms. The summed E-state index contributed by atoms with van der Waals surface area (Å²) in [5, 5.41) is 0. The highest BCUT2D eigenvalue weighted by atomic mass is 19.4. The van der Waals surface area contributed by atoms with Crippen LogP contribution in [0, 0.1) is 5.92 Å². The van der Waals surface area contributed by atoms with Crippen molar-refractivity contribution in [3.63, 3.8) is 0 Å². The Morgan fingerprint density at radius 3 is 2.27 bits per heavy atom. The second-order valence-corrected chi connectivity index (χ2v) is 8.57. The van der Waals surface area contributed by atoms with Crippen LogP contribution >= 0.6 is 0 Å². The standard InChI is InChI=1S/C26H24F3N/c1-17-22-13-14-30(16-18-5-3-2-4-6-18)25(17)24-15-20(9-12-23(22)24)19-7-10-21(11-8-19)26(27,28)29/h2-12,15,17,22,25H,13-14,16H2,1H3/t17-,22?,25?/m0/s1. The first-order valence-corrected chi connectivity index (χ1v) is 10.5. The Balaban J connectivity index is 1.48. The lowest BCUT2D eigenvalue weighted by molar-refractivity contribution is -0.137. The molecule has 1 aliphatic heterocycles. The smallest absolute Gasteiger partial charge is 0.292 e. The van der Waals surface area contributed by atoms with Crippen molar-refractivity contribution in [2.75, 3.05) is 6.54 Å². The summed E-state index contributed by atoms with van der Waals surface area (Å²) < 4.78 is 38.7. The number of alkyl halides is 3. The van der Waals surface area contributed by atoms with Crippen molar-refractivity contribution in [3.05, 3.63) is 95.1 Å². The van der Waals surface area contributed by atoms with Gasteiger partial charge >= 0.3 is 6.18 Å². The predicted octanol–water partition coefficient (Wildman–Crippen LogP) is 7.05. The van der Waals surface area contributed by atoms with Gasteiger partial charge in [0.2, 0.25) is 0 Å². The van der Waals surface area contributed by atoms with Crippen molar-refractivity contribution in [1.82, 2.24) is 4.90 Å². The fourth-order valence-electron chi connectivity index (χ4n) is 5.37. The molecule has 154 valence electrons. The van der Waals surface area contributed by atoms with Crippen LogP contribution in [0.1, 0.15) is 47.6 Å². The van der Waals surface area contributed by atoms with Crippen LogP contribution in [0.4, 0.5) is 13.2 Å². The molecule has 0 amide bonds. The lowest BCUT2D eigenvalue weighted by Gasteiger charge is -2.38. The van der Waals surface area contributed by atoms with Crippen LogP contribution in [0.3, 0.4) is 0 Å². The molecule has 3 aromatic carbocycles. The van der Waals surface area contributed by atoms with E-state index >= 15 is 0 Å². The molecule has 1 nitrogen and oxygen atoms in total. The summed E-state index contributed by atoms with van der Waals surface area (Å²) in [5.41, 5.74) is 5.29. The summed E-state index contributed by atoms with van der Waals surface area (Å²) in [4.78, 5) is 2.57. The van der Waals surface area contributed by atoms with E-state index in [1.54, 1.807) is 12.1 Å². The first-order valence-electron chi connectivity index (χ1n) is 10.5. The molecule has 3 atom stereocenters. The number of halogens is 3. The third kappa shape index (κ3) is 3.33. The van der Waals surface area contributed by atoms with E-state index in [-0.39, 0.29) is 0 Å². The van der Waals surface area contributed by atoms with E-state index in [0.717, 1.165) is 30.6 Å². The number of hydrogen-bond acceptors (Lipinski definition) is 1. The van der Waals surface area contributed by atoms with Crippen LogP contribution in [0.15, 0.2) is 72.8 Å². The quantitative estimate of drug-likeness (QED) is 0.449. The summed E-state index contributed by atoms with van der Waals surface area (Å²) in [7, 11) is 0. The zero-order valence-corrected chi connectivity index (χ0v) is 16.9. The highest BCUT2D eigenvalue weighted by molar-refractivity contribution is 5.66. The molecule has 0 saturated carbocycles. The molecule has 1 saturated heterocycles. The van der Waals surface area contributed by atoms with E-state index in [0.29, 0.717) is 17.9 Å². The van der Waals surface area contributed by atoms with Gasteiger partial charge < -0.3 is 0 Å². The molecule has 0 radical (unpaired) electrons. The zero-order valence-electron chi connectivity index (χ0n) is 16.9. The number of piperidine rings is 1. The molecule has 0 aromatic heterocycles. The number of fused-ring (bicyclic) bond motifs is 5. The van der Waals surface area contributed by atoms with Crippen molar-refractivity contribution in [1.29, 1.82) is 0 Å². The highest BCUT2D eigenvalue weighted by Gasteiger charge is 2.44. The largest absolute Gasteiger partial charge is 0.416 e.